The summed E-state index contributed by atoms with van der Waals surface area (Å²) in [6.45, 7) is 7.04. The number of hydrogen-bond acceptors (Lipinski definition) is 2. The van der Waals surface area contributed by atoms with E-state index >= 15 is 0 Å². The summed E-state index contributed by atoms with van der Waals surface area (Å²) in [5, 5.41) is 11.7. The van der Waals surface area contributed by atoms with Gasteiger partial charge in [-0.25, -0.2) is 4.79 Å². The van der Waals surface area contributed by atoms with Gasteiger partial charge >= 0.3 is 12.0 Å². The molecule has 0 aromatic carbocycles. The van der Waals surface area contributed by atoms with E-state index in [1.54, 1.807) is 4.90 Å². The quantitative estimate of drug-likeness (QED) is 0.789. The summed E-state index contributed by atoms with van der Waals surface area (Å²) in [7, 11) is 0. The molecule has 1 aliphatic carbocycles. The molecule has 18 heavy (non-hydrogen) atoms. The second-order valence-corrected chi connectivity index (χ2v) is 5.19. The number of carboxylic acids is 1. The molecular formula is C13H24N2O3. The molecular weight excluding hydrogens is 232 g/mol. The van der Waals surface area contributed by atoms with Crippen LogP contribution in [-0.4, -0.2) is 41.1 Å². The lowest BCUT2D eigenvalue weighted by molar-refractivity contribution is -0.137. The molecule has 1 fully saturated rings. The molecule has 104 valence electrons. The van der Waals surface area contributed by atoms with Crippen molar-refractivity contribution in [2.45, 2.75) is 46.1 Å². The van der Waals surface area contributed by atoms with Crippen molar-refractivity contribution >= 4 is 12.0 Å². The summed E-state index contributed by atoms with van der Waals surface area (Å²) >= 11 is 0. The second kappa shape index (κ2) is 6.61. The van der Waals surface area contributed by atoms with Gasteiger partial charge in [0.1, 0.15) is 0 Å². The Hall–Kier alpha value is -1.26. The van der Waals surface area contributed by atoms with Crippen LogP contribution in [0.1, 0.15) is 40.0 Å². The highest BCUT2D eigenvalue weighted by Gasteiger charge is 2.31. The third-order valence-electron chi connectivity index (χ3n) is 4.04. The molecule has 5 heteroatoms. The maximum atomic E-state index is 12.0. The van der Waals surface area contributed by atoms with Crippen LogP contribution in [0.5, 0.6) is 0 Å². The van der Waals surface area contributed by atoms with Crippen molar-refractivity contribution in [2.24, 2.45) is 11.8 Å². The zero-order chi connectivity index (χ0) is 13.7. The van der Waals surface area contributed by atoms with Crippen molar-refractivity contribution in [3.05, 3.63) is 0 Å². The molecule has 1 aliphatic rings. The van der Waals surface area contributed by atoms with Crippen LogP contribution < -0.4 is 5.32 Å². The average molecular weight is 256 g/mol. The van der Waals surface area contributed by atoms with E-state index in [9.17, 15) is 9.59 Å². The van der Waals surface area contributed by atoms with E-state index in [1.807, 2.05) is 6.92 Å². The minimum absolute atomic E-state index is 0.00210. The van der Waals surface area contributed by atoms with E-state index < -0.39 is 5.97 Å². The number of urea groups is 1. The van der Waals surface area contributed by atoms with Crippen LogP contribution in [-0.2, 0) is 4.79 Å². The third kappa shape index (κ3) is 3.89. The van der Waals surface area contributed by atoms with Gasteiger partial charge < -0.3 is 15.3 Å². The van der Waals surface area contributed by atoms with Gasteiger partial charge in [0.05, 0.1) is 6.42 Å². The van der Waals surface area contributed by atoms with Crippen LogP contribution >= 0.6 is 0 Å². The Kier molecular flexibility index (Phi) is 5.44. The lowest BCUT2D eigenvalue weighted by Crippen LogP contribution is -2.46. The van der Waals surface area contributed by atoms with Crippen molar-refractivity contribution < 1.29 is 14.7 Å². The van der Waals surface area contributed by atoms with Gasteiger partial charge in [0.15, 0.2) is 0 Å². The predicted molar refractivity (Wildman–Crippen MR) is 69.4 cm³/mol. The highest BCUT2D eigenvalue weighted by Crippen LogP contribution is 2.31. The van der Waals surface area contributed by atoms with E-state index in [4.69, 9.17) is 5.11 Å². The predicted octanol–water partition coefficient (Wildman–Crippen LogP) is 1.93. The first-order chi connectivity index (χ1) is 8.45. The minimum atomic E-state index is -0.871. The highest BCUT2D eigenvalue weighted by atomic mass is 16.4. The summed E-state index contributed by atoms with van der Waals surface area (Å²) in [5.41, 5.74) is 0. The Morgan fingerprint density at radius 3 is 2.44 bits per heavy atom. The number of rotatable bonds is 5. The Balaban J connectivity index is 2.44. The van der Waals surface area contributed by atoms with Crippen molar-refractivity contribution in [3.63, 3.8) is 0 Å². The summed E-state index contributed by atoms with van der Waals surface area (Å²) in [6, 6.07) is 0.0936. The molecule has 0 radical (unpaired) electrons. The third-order valence-corrected chi connectivity index (χ3v) is 4.04. The van der Waals surface area contributed by atoms with Gasteiger partial charge in [0.2, 0.25) is 0 Å². The molecule has 3 atom stereocenters. The van der Waals surface area contributed by atoms with Crippen LogP contribution in [0.4, 0.5) is 4.79 Å². The van der Waals surface area contributed by atoms with Crippen molar-refractivity contribution in [1.29, 1.82) is 0 Å². The molecule has 2 N–H and O–H groups in total. The molecule has 2 amide bonds. The van der Waals surface area contributed by atoms with E-state index in [0.29, 0.717) is 18.4 Å². The summed E-state index contributed by atoms with van der Waals surface area (Å²) in [5.74, 6) is 0.264. The molecule has 1 saturated carbocycles. The molecule has 0 aliphatic heterocycles. The SMILES string of the molecule is CCN(CCC(=O)O)C(=O)NC1CCC(C)C1C. The number of carbonyl (C=O) groups is 2. The number of nitrogens with one attached hydrogen (secondary N) is 1. The fourth-order valence-electron chi connectivity index (χ4n) is 2.45. The Bertz CT molecular complexity index is 307. The van der Waals surface area contributed by atoms with E-state index in [0.717, 1.165) is 12.8 Å². The van der Waals surface area contributed by atoms with Crippen LogP contribution in [0.15, 0.2) is 0 Å². The fraction of sp³-hybridized carbons (Fsp3) is 0.846. The highest BCUT2D eigenvalue weighted by molar-refractivity contribution is 5.75. The number of nitrogens with zero attached hydrogens (tertiary/aromatic N) is 1. The van der Waals surface area contributed by atoms with Gasteiger partial charge in [-0.15, -0.1) is 0 Å². The Morgan fingerprint density at radius 1 is 1.33 bits per heavy atom. The number of hydrogen-bond donors (Lipinski definition) is 2. The van der Waals surface area contributed by atoms with Crippen LogP contribution in [0, 0.1) is 11.8 Å². The smallest absolute Gasteiger partial charge is 0.317 e. The zero-order valence-corrected chi connectivity index (χ0v) is 11.5. The molecule has 0 spiro atoms. The van der Waals surface area contributed by atoms with Crippen LogP contribution in [0.3, 0.4) is 0 Å². The molecule has 0 heterocycles. The van der Waals surface area contributed by atoms with Gasteiger partial charge in [-0.3, -0.25) is 4.79 Å². The number of amides is 2. The van der Waals surface area contributed by atoms with Crippen LogP contribution in [0.2, 0.25) is 0 Å². The van der Waals surface area contributed by atoms with E-state index in [-0.39, 0.29) is 25.0 Å². The maximum absolute atomic E-state index is 12.0. The van der Waals surface area contributed by atoms with Crippen LogP contribution in [0.25, 0.3) is 0 Å². The lowest BCUT2D eigenvalue weighted by atomic mass is 9.98. The molecule has 0 bridgehead atoms. The minimum Gasteiger partial charge on any atom is -0.481 e. The van der Waals surface area contributed by atoms with Gasteiger partial charge in [-0.1, -0.05) is 13.8 Å². The Morgan fingerprint density at radius 2 is 2.00 bits per heavy atom. The number of aliphatic carboxylic acids is 1. The monoisotopic (exact) mass is 256 g/mol. The summed E-state index contributed by atoms with van der Waals surface area (Å²) < 4.78 is 0. The molecule has 0 aromatic rings. The number of carbonyl (C=O) groups excluding carboxylic acids is 1. The second-order valence-electron chi connectivity index (χ2n) is 5.19. The number of carboxylic acid groups (broad SMARTS) is 1. The lowest BCUT2D eigenvalue weighted by Gasteiger charge is -2.25. The van der Waals surface area contributed by atoms with E-state index in [2.05, 4.69) is 19.2 Å². The van der Waals surface area contributed by atoms with E-state index in [1.165, 1.54) is 0 Å². The van der Waals surface area contributed by atoms with Crippen molar-refractivity contribution in [1.82, 2.24) is 10.2 Å². The van der Waals surface area contributed by atoms with Crippen molar-refractivity contribution in [2.75, 3.05) is 13.1 Å². The first-order valence-corrected chi connectivity index (χ1v) is 6.73. The first kappa shape index (κ1) is 14.8. The summed E-state index contributed by atoms with van der Waals surface area (Å²) in [6.07, 6.45) is 2.16. The Labute approximate surface area is 109 Å². The molecule has 0 aromatic heterocycles. The molecule has 1 rings (SSSR count). The largest absolute Gasteiger partial charge is 0.481 e. The fourth-order valence-corrected chi connectivity index (χ4v) is 2.45. The molecule has 5 nitrogen and oxygen atoms in total. The van der Waals surface area contributed by atoms with Gasteiger partial charge in [-0.05, 0) is 31.6 Å². The van der Waals surface area contributed by atoms with Gasteiger partial charge in [0.25, 0.3) is 0 Å². The maximum Gasteiger partial charge on any atom is 0.317 e. The molecule has 0 saturated heterocycles. The normalized spacial score (nSPS) is 26.9. The van der Waals surface area contributed by atoms with Gasteiger partial charge in [0, 0.05) is 19.1 Å². The average Bonchev–Trinajstić information content (AvgIpc) is 2.61. The van der Waals surface area contributed by atoms with Gasteiger partial charge in [-0.2, -0.15) is 0 Å². The first-order valence-electron chi connectivity index (χ1n) is 6.73. The topological polar surface area (TPSA) is 69.6 Å². The summed E-state index contributed by atoms with van der Waals surface area (Å²) in [4.78, 5) is 24.1. The standard InChI is InChI=1S/C13H24N2O3/c1-4-15(8-7-12(16)17)13(18)14-11-6-5-9(2)10(11)3/h9-11H,4-8H2,1-3H3,(H,14,18)(H,16,17). The zero-order valence-electron chi connectivity index (χ0n) is 11.5. The molecule has 3 unspecified atom stereocenters. The van der Waals surface area contributed by atoms with Crippen molar-refractivity contribution in [3.8, 4) is 0 Å².